The predicted molar refractivity (Wildman–Crippen MR) is 169 cm³/mol. The average Bonchev–Trinajstić information content (AvgIpc) is 2.95. The van der Waals surface area contributed by atoms with Crippen LogP contribution in [0, 0.1) is 5.82 Å². The number of halogens is 3. The van der Waals surface area contributed by atoms with Crippen LogP contribution in [0.2, 0.25) is 14.8 Å². The second kappa shape index (κ2) is 13.4. The summed E-state index contributed by atoms with van der Waals surface area (Å²) in [5.74, 6) is -1.22. The Morgan fingerprint density at radius 2 is 1.63 bits per heavy atom. The molecule has 43 heavy (non-hydrogen) atoms. The molecule has 1 aliphatic heterocycles. The van der Waals surface area contributed by atoms with E-state index in [0.29, 0.717) is 27.5 Å². The van der Waals surface area contributed by atoms with Crippen molar-refractivity contribution in [2.24, 2.45) is 0 Å². The average molecular weight is 703 g/mol. The molecule has 12 heteroatoms. The zero-order valence-electron chi connectivity index (χ0n) is 23.5. The Balaban J connectivity index is 1.36. The first kappa shape index (κ1) is 31.6. The van der Waals surface area contributed by atoms with E-state index in [4.69, 9.17) is 23.2 Å². The minimum atomic E-state index is -3.52. The molecule has 0 spiro atoms. The fourth-order valence-electron chi connectivity index (χ4n) is 5.27. The van der Waals surface area contributed by atoms with Crippen LogP contribution in [0.3, 0.4) is 0 Å². The van der Waals surface area contributed by atoms with Gasteiger partial charge in [0.1, 0.15) is 0 Å². The van der Waals surface area contributed by atoms with Gasteiger partial charge in [-0.1, -0.05) is 0 Å². The fourth-order valence-corrected chi connectivity index (χ4v) is 17.0. The number of aromatic nitrogens is 2. The van der Waals surface area contributed by atoms with Crippen LogP contribution in [0.15, 0.2) is 85.3 Å². The molecule has 7 nitrogen and oxygen atoms in total. The Kier molecular flexibility index (Phi) is 9.89. The summed E-state index contributed by atoms with van der Waals surface area (Å²) < 4.78 is 41.5. The van der Waals surface area contributed by atoms with Crippen LogP contribution in [0.4, 0.5) is 4.39 Å². The molecule has 1 aromatic heterocycles. The third kappa shape index (κ3) is 7.65. The van der Waals surface area contributed by atoms with Crippen molar-refractivity contribution < 1.29 is 17.6 Å². The van der Waals surface area contributed by atoms with Gasteiger partial charge in [0.15, 0.2) is 0 Å². The van der Waals surface area contributed by atoms with E-state index in [-0.39, 0.29) is 28.8 Å². The first-order valence-electron chi connectivity index (χ1n) is 13.6. The molecule has 1 fully saturated rings. The van der Waals surface area contributed by atoms with Crippen molar-refractivity contribution in [2.75, 3.05) is 25.9 Å². The van der Waals surface area contributed by atoms with Gasteiger partial charge in [-0.05, 0) is 0 Å². The summed E-state index contributed by atoms with van der Waals surface area (Å²) in [4.78, 5) is 23.6. The van der Waals surface area contributed by atoms with Gasteiger partial charge in [-0.25, -0.2) is 0 Å². The first-order valence-corrected chi connectivity index (χ1v) is 20.5. The van der Waals surface area contributed by atoms with Crippen LogP contribution in [0.25, 0.3) is 0 Å². The first-order chi connectivity index (χ1) is 20.5. The molecule has 1 amide bonds. The number of hydrogen-bond donors (Lipinski definition) is 1. The summed E-state index contributed by atoms with van der Waals surface area (Å²) in [5.41, 5.74) is 2.85. The second-order valence-electron chi connectivity index (χ2n) is 10.6. The molecular formula is C31H30AsCl2FN4O3S. The van der Waals surface area contributed by atoms with E-state index in [1.807, 2.05) is 55.5 Å². The molecule has 2 atom stereocenters. The number of carbonyl (C=O) groups excluding carboxylic acids is 1. The Morgan fingerprint density at radius 3 is 2.16 bits per heavy atom. The van der Waals surface area contributed by atoms with E-state index in [2.05, 4.69) is 20.2 Å². The van der Waals surface area contributed by atoms with Gasteiger partial charge in [0.25, 0.3) is 0 Å². The number of carbonyl (C=O) groups is 1. The zero-order chi connectivity index (χ0) is 30.7. The second-order valence-corrected chi connectivity index (χ2v) is 23.2. The Hall–Kier alpha value is -2.81. The van der Waals surface area contributed by atoms with Gasteiger partial charge in [-0.15, -0.1) is 0 Å². The van der Waals surface area contributed by atoms with Gasteiger partial charge < -0.3 is 0 Å². The van der Waals surface area contributed by atoms with Crippen molar-refractivity contribution in [1.82, 2.24) is 20.2 Å². The van der Waals surface area contributed by atoms with Crippen LogP contribution < -0.4 is 9.67 Å². The van der Waals surface area contributed by atoms with Crippen LogP contribution in [-0.2, 0) is 8.10 Å². The van der Waals surface area contributed by atoms with Gasteiger partial charge in [-0.3, -0.25) is 0 Å². The number of hydrogen-bond acceptors (Lipinski definition) is 6. The molecule has 2 heterocycles. The topological polar surface area (TPSA) is 92.3 Å². The number of likely N-dealkylation sites (tertiary alicyclic amines) is 1. The van der Waals surface area contributed by atoms with Crippen LogP contribution in [-0.4, -0.2) is 68.6 Å². The van der Waals surface area contributed by atoms with Gasteiger partial charge in [0.05, 0.1) is 0 Å². The summed E-state index contributed by atoms with van der Waals surface area (Å²) in [6.45, 7) is 3.19. The van der Waals surface area contributed by atoms with Gasteiger partial charge in [0.2, 0.25) is 0 Å². The van der Waals surface area contributed by atoms with Crippen LogP contribution >= 0.6 is 23.2 Å². The van der Waals surface area contributed by atoms with Gasteiger partial charge in [0, 0.05) is 0 Å². The summed E-state index contributed by atoms with van der Waals surface area (Å²) in [7, 11) is -3.52. The zero-order valence-corrected chi connectivity index (χ0v) is 27.7. The van der Waals surface area contributed by atoms with Crippen LogP contribution in [0.5, 0.6) is 0 Å². The standard InChI is InChI=1S/C31H30AsCl2FN4O3S/c1-20(29-17-36-11-12-37-29)16-38-31(40)23-13-24(15-28(35)14-23)32(43(2,41)42)25-18-39(19-25)30(21-3-7-26(33)8-4-21)22-5-9-27(34)10-6-22/h3-15,17,20,25,30H,16,18-19H2,1-2H3,(H,38,40). The minimum absolute atomic E-state index is 0.0979. The van der Waals surface area contributed by atoms with E-state index < -0.39 is 33.3 Å². The van der Waals surface area contributed by atoms with Crippen molar-refractivity contribution in [3.05, 3.63) is 124 Å². The molecule has 0 aliphatic carbocycles. The molecule has 4 aromatic rings. The molecule has 5 rings (SSSR count). The third-order valence-electron chi connectivity index (χ3n) is 7.37. The number of rotatable bonds is 10. The monoisotopic (exact) mass is 702 g/mol. The number of nitrogens with zero attached hydrogens (tertiary/aromatic N) is 3. The van der Waals surface area contributed by atoms with E-state index in [9.17, 15) is 17.6 Å². The maximum atomic E-state index is 14.9. The summed E-state index contributed by atoms with van der Waals surface area (Å²) in [6.07, 6.45) is 6.00. The predicted octanol–water partition coefficient (Wildman–Crippen LogP) is 5.17. The Labute approximate surface area is 264 Å². The molecule has 0 saturated carbocycles. The number of benzene rings is 3. The molecule has 3 aromatic carbocycles. The van der Waals surface area contributed by atoms with Crippen molar-refractivity contribution >= 4 is 55.1 Å². The van der Waals surface area contributed by atoms with Crippen LogP contribution in [0.1, 0.15) is 46.1 Å². The third-order valence-corrected chi connectivity index (χ3v) is 19.4. The SMILES string of the molecule is CC(CNC(=O)c1cc(F)cc([As](C2CN(C(c3ccc(Cl)cc3)c3ccc(Cl)cc3)C2)S(C)(=O)=O)c1)c1cnccn1. The van der Waals surface area contributed by atoms with E-state index in [0.717, 1.165) is 22.9 Å². The Bertz CT molecular complexity index is 1650. The van der Waals surface area contributed by atoms with Gasteiger partial charge >= 0.3 is 266 Å². The van der Waals surface area contributed by atoms with Crippen molar-refractivity contribution in [3.63, 3.8) is 0 Å². The van der Waals surface area contributed by atoms with Crippen molar-refractivity contribution in [2.45, 2.75) is 23.6 Å². The van der Waals surface area contributed by atoms with Crippen molar-refractivity contribution in [3.8, 4) is 0 Å². The number of nitrogens with one attached hydrogen (secondary N) is 1. The van der Waals surface area contributed by atoms with E-state index in [1.165, 1.54) is 12.3 Å². The van der Waals surface area contributed by atoms with Gasteiger partial charge in [-0.2, -0.15) is 0 Å². The normalized spacial score (nSPS) is 15.6. The quantitative estimate of drug-likeness (QED) is 0.229. The molecule has 1 aliphatic rings. The maximum absolute atomic E-state index is 14.9. The Morgan fingerprint density at radius 1 is 1.02 bits per heavy atom. The molecular weight excluding hydrogens is 673 g/mol. The molecule has 0 radical (unpaired) electrons. The van der Waals surface area contributed by atoms with E-state index in [1.54, 1.807) is 24.7 Å². The molecule has 224 valence electrons. The molecule has 0 bridgehead atoms. The molecule has 2 unspecified atom stereocenters. The number of amides is 1. The summed E-state index contributed by atoms with van der Waals surface area (Å²) >= 11 is 9.40. The summed E-state index contributed by atoms with van der Waals surface area (Å²) in [5, 5.41) is 4.07. The van der Waals surface area contributed by atoms with Crippen molar-refractivity contribution in [1.29, 1.82) is 0 Å². The fraction of sp³-hybridized carbons (Fsp3) is 0.258. The van der Waals surface area contributed by atoms with E-state index >= 15 is 0 Å². The molecule has 1 N–H and O–H groups in total. The summed E-state index contributed by atoms with van der Waals surface area (Å²) in [6, 6.07) is 19.0. The molecule has 1 saturated heterocycles.